The lowest BCUT2D eigenvalue weighted by Crippen LogP contribution is -2.25. The summed E-state index contributed by atoms with van der Waals surface area (Å²) < 4.78 is 7.32. The molecule has 0 atom stereocenters. The molecule has 0 unspecified atom stereocenters. The molecule has 0 fully saturated rings. The number of carbonyl (C=O) groups excluding carboxylic acids is 1. The second-order valence-electron chi connectivity index (χ2n) is 8.32. The number of carbonyl (C=O) groups is 1. The number of aryl methyl sites for hydroxylation is 1. The van der Waals surface area contributed by atoms with Crippen LogP contribution in [0, 0.1) is 0 Å². The first-order valence-electron chi connectivity index (χ1n) is 11.6. The lowest BCUT2D eigenvalue weighted by atomic mass is 10.0. The molecule has 8 heteroatoms. The normalized spacial score (nSPS) is 10.9. The molecule has 0 bridgehead atoms. The van der Waals surface area contributed by atoms with E-state index >= 15 is 0 Å². The smallest absolute Gasteiger partial charge is 0.251 e. The number of rotatable bonds is 8. The van der Waals surface area contributed by atoms with Crippen LogP contribution in [0.1, 0.15) is 16.8 Å². The van der Waals surface area contributed by atoms with Crippen LogP contribution in [0.5, 0.6) is 11.5 Å². The summed E-state index contributed by atoms with van der Waals surface area (Å²) in [7, 11) is 1.54. The lowest BCUT2D eigenvalue weighted by Gasteiger charge is -2.13. The maximum atomic E-state index is 12.8. The van der Waals surface area contributed by atoms with Crippen molar-refractivity contribution in [2.24, 2.45) is 0 Å². The molecule has 0 aliphatic carbocycles. The van der Waals surface area contributed by atoms with Crippen molar-refractivity contribution in [2.75, 3.05) is 13.7 Å². The molecule has 0 radical (unpaired) electrons. The number of imidazole rings is 1. The van der Waals surface area contributed by atoms with E-state index in [1.807, 2.05) is 47.2 Å². The Bertz CT molecular complexity index is 1500. The summed E-state index contributed by atoms with van der Waals surface area (Å²) in [5.41, 5.74) is 4.57. The summed E-state index contributed by atoms with van der Waals surface area (Å²) in [6.07, 6.45) is 6.18. The third-order valence-corrected chi connectivity index (χ3v) is 5.81. The van der Waals surface area contributed by atoms with Crippen molar-refractivity contribution in [3.8, 4) is 34.0 Å². The molecule has 0 saturated heterocycles. The van der Waals surface area contributed by atoms with Crippen LogP contribution in [0.15, 0.2) is 85.5 Å². The number of hydrogen-bond donors (Lipinski definition) is 2. The first-order valence-corrected chi connectivity index (χ1v) is 11.6. The molecule has 0 saturated carbocycles. The number of nitrogens with one attached hydrogen (secondary N) is 1. The quantitative estimate of drug-likeness (QED) is 0.313. The number of aromatic nitrogens is 4. The van der Waals surface area contributed by atoms with Crippen molar-refractivity contribution in [1.82, 2.24) is 24.8 Å². The van der Waals surface area contributed by atoms with Gasteiger partial charge in [-0.25, -0.2) is 15.0 Å². The van der Waals surface area contributed by atoms with Crippen LogP contribution in [0.4, 0.5) is 0 Å². The average molecular weight is 480 g/mol. The van der Waals surface area contributed by atoms with E-state index in [-0.39, 0.29) is 11.7 Å². The Kier molecular flexibility index (Phi) is 6.57. The number of fused-ring (bicyclic) bond motifs is 1. The maximum absolute atomic E-state index is 12.8. The van der Waals surface area contributed by atoms with E-state index in [1.54, 1.807) is 43.9 Å². The molecule has 0 spiro atoms. The molecule has 36 heavy (non-hydrogen) atoms. The fraction of sp³-hybridized carbons (Fsp3) is 0.143. The Labute approximate surface area is 208 Å². The minimum Gasteiger partial charge on any atom is -0.508 e. The number of phenols is 1. The molecule has 2 N–H and O–H groups in total. The fourth-order valence-electron chi connectivity index (χ4n) is 4.02. The number of phenolic OH excluding ortho intramolecular Hbond substituents is 1. The Morgan fingerprint density at radius 3 is 2.56 bits per heavy atom. The fourth-order valence-corrected chi connectivity index (χ4v) is 4.02. The molecule has 2 aromatic heterocycles. The zero-order chi connectivity index (χ0) is 24.9. The predicted octanol–water partition coefficient (Wildman–Crippen LogP) is 4.69. The Morgan fingerprint density at radius 2 is 1.78 bits per heavy atom. The highest BCUT2D eigenvalue weighted by Crippen LogP contribution is 2.35. The number of amides is 1. The van der Waals surface area contributed by atoms with Crippen LogP contribution in [-0.4, -0.2) is 44.2 Å². The van der Waals surface area contributed by atoms with Gasteiger partial charge in [-0.2, -0.15) is 0 Å². The SMILES string of the molecule is COc1cc(O)cc(-c2nc3cc(C(=O)NCCCn4ccnc4)ccc3nc2-c2ccccc2)c1. The van der Waals surface area contributed by atoms with Crippen molar-refractivity contribution in [2.45, 2.75) is 13.0 Å². The van der Waals surface area contributed by atoms with Crippen LogP contribution in [0.25, 0.3) is 33.5 Å². The second-order valence-corrected chi connectivity index (χ2v) is 8.32. The lowest BCUT2D eigenvalue weighted by molar-refractivity contribution is 0.0953. The van der Waals surface area contributed by atoms with E-state index in [0.717, 1.165) is 18.5 Å². The molecule has 0 aliphatic heterocycles. The Morgan fingerprint density at radius 1 is 0.972 bits per heavy atom. The third-order valence-electron chi connectivity index (χ3n) is 5.81. The van der Waals surface area contributed by atoms with Crippen LogP contribution in [0.3, 0.4) is 0 Å². The summed E-state index contributed by atoms with van der Waals surface area (Å²) in [4.78, 5) is 26.6. The van der Waals surface area contributed by atoms with E-state index in [0.29, 0.717) is 45.8 Å². The predicted molar refractivity (Wildman–Crippen MR) is 138 cm³/mol. The van der Waals surface area contributed by atoms with E-state index in [4.69, 9.17) is 14.7 Å². The van der Waals surface area contributed by atoms with Crippen molar-refractivity contribution < 1.29 is 14.6 Å². The molecular formula is C28H25N5O3. The summed E-state index contributed by atoms with van der Waals surface area (Å²) in [5.74, 6) is 0.404. The van der Waals surface area contributed by atoms with Crippen LogP contribution in [-0.2, 0) is 6.54 Å². The van der Waals surface area contributed by atoms with Gasteiger partial charge < -0.3 is 19.7 Å². The maximum Gasteiger partial charge on any atom is 0.251 e. The summed E-state index contributed by atoms with van der Waals surface area (Å²) in [6.45, 7) is 1.32. The van der Waals surface area contributed by atoms with E-state index < -0.39 is 0 Å². The van der Waals surface area contributed by atoms with Gasteiger partial charge in [0.15, 0.2) is 0 Å². The molecule has 180 valence electrons. The highest BCUT2D eigenvalue weighted by molar-refractivity contribution is 5.98. The molecule has 8 nitrogen and oxygen atoms in total. The second kappa shape index (κ2) is 10.3. The Hall–Kier alpha value is -4.72. The highest BCUT2D eigenvalue weighted by Gasteiger charge is 2.16. The number of hydrogen-bond acceptors (Lipinski definition) is 6. The molecule has 5 rings (SSSR count). The molecule has 3 aromatic carbocycles. The minimum atomic E-state index is -0.169. The van der Waals surface area contributed by atoms with Gasteiger partial charge in [0.1, 0.15) is 11.5 Å². The van der Waals surface area contributed by atoms with Crippen LogP contribution < -0.4 is 10.1 Å². The summed E-state index contributed by atoms with van der Waals surface area (Å²) in [5, 5.41) is 13.2. The number of ether oxygens (including phenoxy) is 1. The monoisotopic (exact) mass is 479 g/mol. The Balaban J connectivity index is 1.48. The van der Waals surface area contributed by atoms with Crippen molar-refractivity contribution in [3.05, 3.63) is 91.0 Å². The van der Waals surface area contributed by atoms with Gasteiger partial charge in [-0.1, -0.05) is 30.3 Å². The first-order chi connectivity index (χ1) is 17.6. The van der Waals surface area contributed by atoms with Gasteiger partial charge in [0.25, 0.3) is 5.91 Å². The van der Waals surface area contributed by atoms with Crippen molar-refractivity contribution in [3.63, 3.8) is 0 Å². The van der Waals surface area contributed by atoms with E-state index in [1.165, 1.54) is 6.07 Å². The standard InChI is InChI=1S/C28H25N5O3/c1-36-23-15-21(14-22(34)17-23)27-26(19-6-3-2-4-7-19)31-24-9-8-20(16-25(24)32-27)28(35)30-10-5-12-33-13-11-29-18-33/h2-4,6-9,11,13-18,34H,5,10,12H2,1H3,(H,30,35). The number of benzene rings is 3. The average Bonchev–Trinajstić information content (AvgIpc) is 3.43. The zero-order valence-corrected chi connectivity index (χ0v) is 19.8. The molecule has 5 aromatic rings. The van der Waals surface area contributed by atoms with Crippen LogP contribution in [0.2, 0.25) is 0 Å². The molecule has 1 amide bonds. The summed E-state index contributed by atoms with van der Waals surface area (Å²) in [6, 6.07) is 20.0. The van der Waals surface area contributed by atoms with E-state index in [9.17, 15) is 9.90 Å². The van der Waals surface area contributed by atoms with Gasteiger partial charge in [-0.3, -0.25) is 4.79 Å². The van der Waals surface area contributed by atoms with Gasteiger partial charge in [-0.05, 0) is 36.8 Å². The van der Waals surface area contributed by atoms with Gasteiger partial charge in [0.05, 0.1) is 35.9 Å². The van der Waals surface area contributed by atoms with Gasteiger partial charge >= 0.3 is 0 Å². The van der Waals surface area contributed by atoms with Gasteiger partial charge in [0, 0.05) is 48.2 Å². The summed E-state index contributed by atoms with van der Waals surface area (Å²) >= 11 is 0. The highest BCUT2D eigenvalue weighted by atomic mass is 16.5. The zero-order valence-electron chi connectivity index (χ0n) is 19.8. The van der Waals surface area contributed by atoms with Crippen molar-refractivity contribution in [1.29, 1.82) is 0 Å². The minimum absolute atomic E-state index is 0.0640. The topological polar surface area (TPSA) is 102 Å². The third kappa shape index (κ3) is 5.02. The molecule has 2 heterocycles. The van der Waals surface area contributed by atoms with Crippen LogP contribution >= 0.6 is 0 Å². The van der Waals surface area contributed by atoms with E-state index in [2.05, 4.69) is 10.3 Å². The number of methoxy groups -OCH3 is 1. The van der Waals surface area contributed by atoms with Crippen molar-refractivity contribution >= 4 is 16.9 Å². The first kappa shape index (κ1) is 23.0. The largest absolute Gasteiger partial charge is 0.508 e. The number of nitrogens with zero attached hydrogens (tertiary/aromatic N) is 4. The molecular weight excluding hydrogens is 454 g/mol. The molecule has 0 aliphatic rings. The number of aromatic hydroxyl groups is 1. The van der Waals surface area contributed by atoms with Gasteiger partial charge in [-0.15, -0.1) is 0 Å². The van der Waals surface area contributed by atoms with Gasteiger partial charge in [0.2, 0.25) is 0 Å².